The van der Waals surface area contributed by atoms with Crippen LogP contribution in [0.25, 0.3) is 0 Å². The van der Waals surface area contributed by atoms with Gasteiger partial charge in [-0.05, 0) is 0 Å². The van der Waals surface area contributed by atoms with Crippen molar-refractivity contribution in [2.75, 3.05) is 33.4 Å². The van der Waals surface area contributed by atoms with Gasteiger partial charge in [0.2, 0.25) is 5.56 Å². The van der Waals surface area contributed by atoms with Crippen LogP contribution < -0.4 is 10.5 Å². The van der Waals surface area contributed by atoms with E-state index >= 15 is 0 Å². The highest BCUT2D eigenvalue weighted by atomic mass is 32.1. The number of ether oxygens (including phenoxy) is 1. The zero-order valence-corrected chi connectivity index (χ0v) is 12.0. The smallest absolute Gasteiger partial charge is 0.417 e. The molecule has 2 heterocycles. The number of morpholine rings is 1. The number of quaternary nitrogens is 1. The van der Waals surface area contributed by atoms with Gasteiger partial charge in [0, 0.05) is 6.07 Å². The zero-order valence-electron chi connectivity index (χ0n) is 11.2. The molecule has 0 radical (unpaired) electrons. The molecule has 2 N–H and O–H groups in total. The van der Waals surface area contributed by atoms with Crippen LogP contribution >= 0.6 is 0 Å². The Morgan fingerprint density at radius 2 is 2.00 bits per heavy atom. The number of pyridine rings is 1. The topological polar surface area (TPSA) is 70.3 Å². The number of hydrogen-bond acceptors (Lipinski definition) is 4. The Morgan fingerprint density at radius 3 is 2.38 bits per heavy atom. The van der Waals surface area contributed by atoms with Crippen molar-refractivity contribution >= 4 is 12.6 Å². The van der Waals surface area contributed by atoms with E-state index in [9.17, 15) is 18.0 Å². The number of aromatic amines is 1. The van der Waals surface area contributed by atoms with Crippen LogP contribution in [0, 0.1) is 11.3 Å². The van der Waals surface area contributed by atoms with Crippen LogP contribution in [-0.4, -0.2) is 38.3 Å². The molecule has 1 aromatic heterocycles. The molecule has 21 heavy (non-hydrogen) atoms. The average Bonchev–Trinajstić information content (AvgIpc) is 2.38. The molecule has 2 rings (SSSR count). The van der Waals surface area contributed by atoms with Gasteiger partial charge in [0.25, 0.3) is 0 Å². The first-order valence-corrected chi connectivity index (χ1v) is 6.47. The number of nitriles is 1. The van der Waals surface area contributed by atoms with Crippen molar-refractivity contribution in [2.45, 2.75) is 11.2 Å². The van der Waals surface area contributed by atoms with Crippen molar-refractivity contribution in [3.63, 3.8) is 0 Å². The number of likely N-dealkylation sites (N-methyl/N-ethyl adjacent to an activating group) is 1. The number of H-pyrrole nitrogens is 1. The number of halogens is 3. The molecule has 1 aliphatic rings. The van der Waals surface area contributed by atoms with E-state index < -0.39 is 27.9 Å². The minimum absolute atomic E-state index is 0.314. The highest BCUT2D eigenvalue weighted by molar-refractivity contribution is 7.58. The Labute approximate surface area is 124 Å². The number of aromatic nitrogens is 1. The monoisotopic (exact) mass is 321 g/mol. The molecule has 1 saturated heterocycles. The molecule has 0 bridgehead atoms. The SMILES string of the molecule is C[NH+]1CCOCC1.N#Cc1c(C(F)(F)F)cc(=O)[nH]c1[S-]. The predicted octanol–water partition coefficient (Wildman–Crippen LogP) is -0.298. The van der Waals surface area contributed by atoms with E-state index in [1.165, 1.54) is 19.2 Å². The summed E-state index contributed by atoms with van der Waals surface area (Å²) in [6, 6.07) is 1.62. The molecule has 0 spiro atoms. The average molecular weight is 321 g/mol. The maximum Gasteiger partial charge on any atom is 0.417 e. The van der Waals surface area contributed by atoms with E-state index in [1.54, 1.807) is 4.90 Å². The van der Waals surface area contributed by atoms with Gasteiger partial charge in [-0.3, -0.25) is 4.79 Å². The van der Waals surface area contributed by atoms with E-state index in [4.69, 9.17) is 10.00 Å². The lowest BCUT2D eigenvalue weighted by Crippen LogP contribution is -3.11. The van der Waals surface area contributed by atoms with Gasteiger partial charge in [-0.1, -0.05) is 5.03 Å². The lowest BCUT2D eigenvalue weighted by atomic mass is 10.1. The quantitative estimate of drug-likeness (QED) is 0.644. The van der Waals surface area contributed by atoms with E-state index in [-0.39, 0.29) is 0 Å². The molecule has 1 aliphatic heterocycles. The fourth-order valence-electron chi connectivity index (χ4n) is 1.59. The summed E-state index contributed by atoms with van der Waals surface area (Å²) in [6.07, 6.45) is -4.74. The molecular weight excluding hydrogens is 307 g/mol. The van der Waals surface area contributed by atoms with Crippen LogP contribution in [0.15, 0.2) is 15.9 Å². The van der Waals surface area contributed by atoms with Crippen molar-refractivity contribution in [3.05, 3.63) is 27.5 Å². The first-order valence-electron chi connectivity index (χ1n) is 6.06. The van der Waals surface area contributed by atoms with Crippen LogP contribution in [0.3, 0.4) is 0 Å². The summed E-state index contributed by atoms with van der Waals surface area (Å²) in [6.45, 7) is 4.26. The van der Waals surface area contributed by atoms with Gasteiger partial charge in [-0.2, -0.15) is 18.4 Å². The highest BCUT2D eigenvalue weighted by Gasteiger charge is 2.34. The highest BCUT2D eigenvalue weighted by Crippen LogP contribution is 2.31. The van der Waals surface area contributed by atoms with Crippen molar-refractivity contribution in [1.82, 2.24) is 4.98 Å². The minimum atomic E-state index is -4.74. The fraction of sp³-hybridized carbons (Fsp3) is 0.500. The molecule has 0 aliphatic carbocycles. The maximum atomic E-state index is 12.2. The van der Waals surface area contributed by atoms with Crippen molar-refractivity contribution in [2.24, 2.45) is 0 Å². The molecule has 9 heteroatoms. The normalized spacial score (nSPS) is 15.8. The Kier molecular flexibility index (Phi) is 6.14. The van der Waals surface area contributed by atoms with Crippen molar-refractivity contribution < 1.29 is 22.8 Å². The third-order valence-corrected chi connectivity index (χ3v) is 3.08. The Balaban J connectivity index is 0.000000262. The van der Waals surface area contributed by atoms with E-state index in [0.717, 1.165) is 13.2 Å². The van der Waals surface area contributed by atoms with E-state index in [0.29, 0.717) is 6.07 Å². The number of nitrogens with zero attached hydrogens (tertiary/aromatic N) is 1. The van der Waals surface area contributed by atoms with E-state index in [1.807, 2.05) is 4.98 Å². The molecule has 0 atom stereocenters. The van der Waals surface area contributed by atoms with Crippen LogP contribution in [0.1, 0.15) is 11.1 Å². The van der Waals surface area contributed by atoms with Gasteiger partial charge >= 0.3 is 6.18 Å². The summed E-state index contributed by atoms with van der Waals surface area (Å²) in [5.74, 6) is 0. The van der Waals surface area contributed by atoms with Crippen molar-refractivity contribution in [1.29, 1.82) is 5.26 Å². The first kappa shape index (κ1) is 17.4. The summed E-state index contributed by atoms with van der Waals surface area (Å²) in [4.78, 5) is 14.2. The van der Waals surface area contributed by atoms with Crippen LogP contribution in [0.2, 0.25) is 0 Å². The summed E-state index contributed by atoms with van der Waals surface area (Å²) in [5.41, 5.74) is -3.00. The molecule has 116 valence electrons. The lowest BCUT2D eigenvalue weighted by Gasteiger charge is -2.18. The molecule has 0 amide bonds. The summed E-state index contributed by atoms with van der Waals surface area (Å²) in [7, 11) is 2.20. The molecular formula is C12H14F3N3O2S. The Morgan fingerprint density at radius 1 is 1.43 bits per heavy atom. The second kappa shape index (κ2) is 7.40. The molecule has 0 saturated carbocycles. The predicted molar refractivity (Wildman–Crippen MR) is 69.9 cm³/mol. The molecule has 5 nitrogen and oxygen atoms in total. The summed E-state index contributed by atoms with van der Waals surface area (Å²) < 4.78 is 41.9. The number of hydrogen-bond donors (Lipinski definition) is 2. The molecule has 0 aromatic carbocycles. The van der Waals surface area contributed by atoms with Gasteiger partial charge in [0.15, 0.2) is 0 Å². The lowest BCUT2D eigenvalue weighted by molar-refractivity contribution is -0.888. The van der Waals surface area contributed by atoms with Crippen LogP contribution in [-0.2, 0) is 23.5 Å². The fourth-order valence-corrected chi connectivity index (χ4v) is 1.85. The standard InChI is InChI=1S/C7H3F3N2OS.C5H11NO/c8-7(9,10)4-1-5(13)12-6(14)3(4)2-11;1-6-2-4-7-5-3-6/h1H,(H2,12,13,14);2-5H2,1H3. The third kappa shape index (κ3) is 5.34. The number of alkyl halides is 3. The van der Waals surface area contributed by atoms with Gasteiger partial charge in [0.1, 0.15) is 13.1 Å². The maximum absolute atomic E-state index is 12.2. The second-order valence-electron chi connectivity index (χ2n) is 4.43. The molecule has 1 fully saturated rings. The molecule has 1 aromatic rings. The van der Waals surface area contributed by atoms with Gasteiger partial charge in [-0.15, -0.1) is 0 Å². The summed E-state index contributed by atoms with van der Waals surface area (Å²) >= 11 is 4.42. The minimum Gasteiger partial charge on any atom is -0.761 e. The number of nitrogens with one attached hydrogen (secondary N) is 2. The number of rotatable bonds is 0. The van der Waals surface area contributed by atoms with Crippen LogP contribution in [0.4, 0.5) is 13.2 Å². The first-order chi connectivity index (χ1) is 9.75. The second-order valence-corrected chi connectivity index (χ2v) is 4.84. The van der Waals surface area contributed by atoms with E-state index in [2.05, 4.69) is 19.7 Å². The zero-order chi connectivity index (χ0) is 16.0. The largest absolute Gasteiger partial charge is 0.761 e. The Bertz CT molecular complexity index is 575. The molecule has 0 unspecified atom stereocenters. The van der Waals surface area contributed by atoms with Gasteiger partial charge in [-0.25, -0.2) is 0 Å². The van der Waals surface area contributed by atoms with Gasteiger partial charge < -0.3 is 27.2 Å². The van der Waals surface area contributed by atoms with Crippen LogP contribution in [0.5, 0.6) is 0 Å². The Hall–Kier alpha value is -1.63. The third-order valence-electron chi connectivity index (χ3n) is 2.77. The van der Waals surface area contributed by atoms with Crippen molar-refractivity contribution in [3.8, 4) is 6.07 Å². The van der Waals surface area contributed by atoms with Gasteiger partial charge in [0.05, 0.1) is 37.5 Å². The summed E-state index contributed by atoms with van der Waals surface area (Å²) in [5, 5.41) is 7.92.